The molecule has 15 heavy (non-hydrogen) atoms. The molecule has 2 aromatic rings. The second-order valence-electron chi connectivity index (χ2n) is 3.73. The summed E-state index contributed by atoms with van der Waals surface area (Å²) in [5.74, 6) is 0.904. The Morgan fingerprint density at radius 1 is 1.27 bits per heavy atom. The molecule has 0 atom stereocenters. The predicted molar refractivity (Wildman–Crippen MR) is 61.1 cm³/mol. The Bertz CT molecular complexity index is 504. The molecule has 0 aromatic carbocycles. The number of hydrogen-bond donors (Lipinski definition) is 0. The topological polar surface area (TPSA) is 30.7 Å². The Balaban J connectivity index is 2.06. The van der Waals surface area contributed by atoms with Crippen LogP contribution in [0, 0.1) is 0 Å². The van der Waals surface area contributed by atoms with Gasteiger partial charge in [0.1, 0.15) is 0 Å². The number of halogens is 1. The second kappa shape index (κ2) is 3.45. The zero-order valence-corrected chi connectivity index (χ0v) is 9.74. The highest BCUT2D eigenvalue weighted by atomic mass is 79.9. The van der Waals surface area contributed by atoms with Crippen LogP contribution in [0.15, 0.2) is 29.0 Å². The molecule has 2 heterocycles. The Kier molecular flexibility index (Phi) is 2.09. The van der Waals surface area contributed by atoms with Crippen LogP contribution in [0.1, 0.15) is 17.7 Å². The molecule has 1 aliphatic rings. The summed E-state index contributed by atoms with van der Waals surface area (Å²) in [5, 5.41) is 4.22. The molecule has 0 bridgehead atoms. The first kappa shape index (κ1) is 9.09. The van der Waals surface area contributed by atoms with Crippen molar-refractivity contribution in [2.45, 2.75) is 19.3 Å². The van der Waals surface area contributed by atoms with Crippen molar-refractivity contribution in [2.24, 2.45) is 0 Å². The quantitative estimate of drug-likeness (QED) is 0.792. The second-order valence-corrected chi connectivity index (χ2v) is 4.65. The van der Waals surface area contributed by atoms with Crippen LogP contribution in [-0.2, 0) is 12.8 Å². The fraction of sp³-hybridized carbons (Fsp3) is 0.273. The molecule has 3 nitrogen and oxygen atoms in total. The Morgan fingerprint density at radius 2 is 2.20 bits per heavy atom. The third-order valence-corrected chi connectivity index (χ3v) is 3.11. The van der Waals surface area contributed by atoms with E-state index in [1.165, 1.54) is 24.1 Å². The van der Waals surface area contributed by atoms with Crippen LogP contribution in [0.2, 0.25) is 0 Å². The summed E-state index contributed by atoms with van der Waals surface area (Å²) in [6, 6.07) is 4.20. The predicted octanol–water partition coefficient (Wildman–Crippen LogP) is 2.52. The average Bonchev–Trinajstić information content (AvgIpc) is 2.84. The van der Waals surface area contributed by atoms with Gasteiger partial charge in [-0.05, 0) is 46.8 Å². The van der Waals surface area contributed by atoms with Crippen LogP contribution < -0.4 is 0 Å². The van der Waals surface area contributed by atoms with Gasteiger partial charge in [-0.15, -0.1) is 0 Å². The van der Waals surface area contributed by atoms with E-state index in [2.05, 4.69) is 32.1 Å². The molecule has 0 fully saturated rings. The fourth-order valence-electron chi connectivity index (χ4n) is 1.96. The molecule has 3 rings (SSSR count). The minimum Gasteiger partial charge on any atom is -0.233 e. The van der Waals surface area contributed by atoms with Gasteiger partial charge in [0.15, 0.2) is 5.82 Å². The molecule has 0 saturated heterocycles. The van der Waals surface area contributed by atoms with Crippen LogP contribution >= 0.6 is 15.9 Å². The summed E-state index contributed by atoms with van der Waals surface area (Å²) in [4.78, 5) is 4.62. The van der Waals surface area contributed by atoms with E-state index in [1.54, 1.807) is 10.9 Å². The molecule has 0 radical (unpaired) electrons. The van der Waals surface area contributed by atoms with Crippen molar-refractivity contribution < 1.29 is 0 Å². The number of hydrogen-bond acceptors (Lipinski definition) is 2. The first-order valence-electron chi connectivity index (χ1n) is 5.02. The summed E-state index contributed by atoms with van der Waals surface area (Å²) < 4.78 is 2.77. The van der Waals surface area contributed by atoms with Crippen LogP contribution in [-0.4, -0.2) is 14.8 Å². The van der Waals surface area contributed by atoms with Gasteiger partial charge in [0.05, 0.1) is 10.7 Å². The molecule has 76 valence electrons. The van der Waals surface area contributed by atoms with E-state index in [9.17, 15) is 0 Å². The fourth-order valence-corrected chi connectivity index (χ4v) is 2.25. The van der Waals surface area contributed by atoms with E-state index in [1.807, 2.05) is 12.3 Å². The van der Waals surface area contributed by atoms with Crippen molar-refractivity contribution in [3.05, 3.63) is 40.3 Å². The smallest absolute Gasteiger partial charge is 0.153 e. The molecular weight excluding hydrogens is 254 g/mol. The summed E-state index contributed by atoms with van der Waals surface area (Å²) in [6.07, 6.45) is 7.20. The lowest BCUT2D eigenvalue weighted by Crippen LogP contribution is -2.00. The van der Waals surface area contributed by atoms with E-state index in [-0.39, 0.29) is 0 Å². The zero-order valence-electron chi connectivity index (χ0n) is 8.15. The minimum atomic E-state index is 0.904. The van der Waals surface area contributed by atoms with Crippen LogP contribution in [0.25, 0.3) is 5.82 Å². The van der Waals surface area contributed by atoms with Crippen molar-refractivity contribution in [1.82, 2.24) is 14.8 Å². The Labute approximate surface area is 96.3 Å². The van der Waals surface area contributed by atoms with E-state index >= 15 is 0 Å². The molecule has 0 aliphatic heterocycles. The molecule has 1 aliphatic carbocycles. The maximum Gasteiger partial charge on any atom is 0.153 e. The van der Waals surface area contributed by atoms with Gasteiger partial charge in [-0.25, -0.2) is 9.67 Å². The lowest BCUT2D eigenvalue weighted by Gasteiger charge is -2.03. The van der Waals surface area contributed by atoms with Crippen LogP contribution in [0.5, 0.6) is 0 Å². The number of aryl methyl sites for hydroxylation is 2. The normalized spacial score (nSPS) is 14.2. The molecule has 0 N–H and O–H groups in total. The molecule has 0 saturated carbocycles. The van der Waals surface area contributed by atoms with Crippen molar-refractivity contribution in [3.8, 4) is 5.82 Å². The first-order valence-corrected chi connectivity index (χ1v) is 5.81. The summed E-state index contributed by atoms with van der Waals surface area (Å²) in [6.45, 7) is 0. The maximum atomic E-state index is 4.62. The van der Waals surface area contributed by atoms with Crippen molar-refractivity contribution >= 4 is 15.9 Å². The SMILES string of the molecule is Brc1cnn(-c2ccc3c(n2)CCC3)c1. The van der Waals surface area contributed by atoms with Gasteiger partial charge in [-0.2, -0.15) is 5.10 Å². The summed E-state index contributed by atoms with van der Waals surface area (Å²) >= 11 is 3.38. The molecule has 4 heteroatoms. The van der Waals surface area contributed by atoms with Crippen LogP contribution in [0.3, 0.4) is 0 Å². The highest BCUT2D eigenvalue weighted by Crippen LogP contribution is 2.21. The monoisotopic (exact) mass is 263 g/mol. The lowest BCUT2D eigenvalue weighted by molar-refractivity contribution is 0.831. The van der Waals surface area contributed by atoms with E-state index in [0.29, 0.717) is 0 Å². The number of fused-ring (bicyclic) bond motifs is 1. The standard InChI is InChI=1S/C11H10BrN3/c12-9-6-13-15(7-9)11-5-4-8-2-1-3-10(8)14-11/h4-7H,1-3H2. The first-order chi connectivity index (χ1) is 7.33. The lowest BCUT2D eigenvalue weighted by atomic mass is 10.2. The molecule has 0 spiro atoms. The summed E-state index contributed by atoms with van der Waals surface area (Å²) in [7, 11) is 0. The van der Waals surface area contributed by atoms with Gasteiger partial charge in [-0.1, -0.05) is 6.07 Å². The molecule has 0 unspecified atom stereocenters. The number of aromatic nitrogens is 3. The number of rotatable bonds is 1. The van der Waals surface area contributed by atoms with Gasteiger partial charge in [0.25, 0.3) is 0 Å². The molecular formula is C11H10BrN3. The zero-order chi connectivity index (χ0) is 10.3. The van der Waals surface area contributed by atoms with Gasteiger partial charge in [0, 0.05) is 11.9 Å². The number of pyridine rings is 1. The molecule has 2 aromatic heterocycles. The maximum absolute atomic E-state index is 4.62. The van der Waals surface area contributed by atoms with E-state index in [4.69, 9.17) is 0 Å². The third-order valence-electron chi connectivity index (χ3n) is 2.70. The highest BCUT2D eigenvalue weighted by molar-refractivity contribution is 9.10. The van der Waals surface area contributed by atoms with E-state index < -0.39 is 0 Å². The van der Waals surface area contributed by atoms with Crippen molar-refractivity contribution in [1.29, 1.82) is 0 Å². The summed E-state index contributed by atoms with van der Waals surface area (Å²) in [5.41, 5.74) is 2.63. The average molecular weight is 264 g/mol. The molecule has 0 amide bonds. The Hall–Kier alpha value is -1.16. The van der Waals surface area contributed by atoms with Crippen molar-refractivity contribution in [2.75, 3.05) is 0 Å². The largest absolute Gasteiger partial charge is 0.233 e. The van der Waals surface area contributed by atoms with Crippen LogP contribution in [0.4, 0.5) is 0 Å². The third kappa shape index (κ3) is 1.59. The van der Waals surface area contributed by atoms with Gasteiger partial charge in [-0.3, -0.25) is 0 Å². The van der Waals surface area contributed by atoms with E-state index in [0.717, 1.165) is 16.7 Å². The Morgan fingerprint density at radius 3 is 3.00 bits per heavy atom. The van der Waals surface area contributed by atoms with Gasteiger partial charge < -0.3 is 0 Å². The minimum absolute atomic E-state index is 0.904. The highest BCUT2D eigenvalue weighted by Gasteiger charge is 2.13. The van der Waals surface area contributed by atoms with Gasteiger partial charge in [0.2, 0.25) is 0 Å². The van der Waals surface area contributed by atoms with Crippen molar-refractivity contribution in [3.63, 3.8) is 0 Å². The number of nitrogens with zero attached hydrogens (tertiary/aromatic N) is 3. The van der Waals surface area contributed by atoms with Gasteiger partial charge >= 0.3 is 0 Å².